The van der Waals surface area contributed by atoms with Crippen molar-refractivity contribution in [2.75, 3.05) is 0 Å². The molecule has 2 fully saturated rings. The number of carbonyl (C=O) groups excluding carboxylic acids is 1. The zero-order chi connectivity index (χ0) is 25.2. The number of fused-ring (bicyclic) bond motifs is 5. The third-order valence-corrected chi connectivity index (χ3v) is 10.7. The van der Waals surface area contributed by atoms with Crippen molar-refractivity contribution in [2.45, 2.75) is 75.7 Å². The van der Waals surface area contributed by atoms with E-state index >= 15 is 0 Å². The monoisotopic (exact) mass is 517 g/mol. The standard InChI is InChI=1S/C27H32ClNO5S/c1-3-27-13-10-16-14-18(30)5-6-19(16)20(27)11-12-26(2)23(27)8-9-24(26)34-25(31)17-4-7-21(28)22(15-17)35(29,32)33/h4-7,14-15,20,23-24,30H,3,8-13H2,1-2H3,(H2,29,32,33)/t20-,23-,24+,26+,27-/m1/s1. The fourth-order valence-electron chi connectivity index (χ4n) is 7.71. The molecule has 0 aromatic heterocycles. The summed E-state index contributed by atoms with van der Waals surface area (Å²) in [4.78, 5) is 12.8. The number of phenols is 1. The molecule has 2 aromatic carbocycles. The van der Waals surface area contributed by atoms with E-state index in [-0.39, 0.29) is 32.4 Å². The molecule has 35 heavy (non-hydrogen) atoms. The summed E-state index contributed by atoms with van der Waals surface area (Å²) in [6.07, 6.45) is 6.60. The Labute approximate surface area is 211 Å². The Morgan fingerprint density at radius 3 is 2.66 bits per heavy atom. The van der Waals surface area contributed by atoms with Crippen molar-refractivity contribution in [3.05, 3.63) is 58.1 Å². The smallest absolute Gasteiger partial charge is 0.338 e. The van der Waals surface area contributed by atoms with Gasteiger partial charge in [-0.3, -0.25) is 0 Å². The summed E-state index contributed by atoms with van der Waals surface area (Å²) < 4.78 is 29.8. The van der Waals surface area contributed by atoms with Crippen LogP contribution in [0.1, 0.15) is 79.8 Å². The molecule has 3 N–H and O–H groups in total. The lowest BCUT2D eigenvalue weighted by molar-refractivity contribution is -0.0842. The summed E-state index contributed by atoms with van der Waals surface area (Å²) in [5, 5.41) is 15.2. The molecule has 3 aliphatic rings. The molecule has 6 nitrogen and oxygen atoms in total. The number of aromatic hydroxyl groups is 1. The lowest BCUT2D eigenvalue weighted by Gasteiger charge is -2.58. The number of esters is 1. The number of benzene rings is 2. The molecular formula is C27H32ClNO5S. The van der Waals surface area contributed by atoms with E-state index < -0.39 is 16.0 Å². The fourth-order valence-corrected chi connectivity index (χ4v) is 8.78. The van der Waals surface area contributed by atoms with Crippen LogP contribution < -0.4 is 5.14 Å². The van der Waals surface area contributed by atoms with Gasteiger partial charge in [0.05, 0.1) is 10.6 Å². The Morgan fingerprint density at radius 1 is 1.17 bits per heavy atom. The maximum absolute atomic E-state index is 13.1. The molecule has 0 aliphatic heterocycles. The van der Waals surface area contributed by atoms with E-state index in [1.54, 1.807) is 6.07 Å². The number of halogens is 1. The van der Waals surface area contributed by atoms with Crippen molar-refractivity contribution in [1.82, 2.24) is 0 Å². The third-order valence-electron chi connectivity index (χ3n) is 9.35. The molecule has 2 saturated carbocycles. The molecule has 0 amide bonds. The van der Waals surface area contributed by atoms with Gasteiger partial charge in [-0.05, 0) is 104 Å². The number of ether oxygens (including phenoxy) is 1. The minimum Gasteiger partial charge on any atom is -0.508 e. The van der Waals surface area contributed by atoms with Crippen molar-refractivity contribution in [3.8, 4) is 5.75 Å². The molecule has 0 spiro atoms. The van der Waals surface area contributed by atoms with Crippen LogP contribution in [0.2, 0.25) is 5.02 Å². The minimum atomic E-state index is -4.06. The average molecular weight is 518 g/mol. The summed E-state index contributed by atoms with van der Waals surface area (Å²) in [6, 6.07) is 9.88. The molecule has 3 aliphatic carbocycles. The molecule has 188 valence electrons. The molecule has 2 aromatic rings. The first-order valence-corrected chi connectivity index (χ1v) is 14.3. The molecule has 0 radical (unpaired) electrons. The summed E-state index contributed by atoms with van der Waals surface area (Å²) in [7, 11) is -4.06. The number of nitrogens with two attached hydrogens (primary N) is 1. The van der Waals surface area contributed by atoms with Crippen LogP contribution in [0.25, 0.3) is 0 Å². The summed E-state index contributed by atoms with van der Waals surface area (Å²) >= 11 is 5.98. The SMILES string of the molecule is CC[C@@]12CCc3cc(O)ccc3[C@H]1CC[C@]1(C)[C@@H](OC(=O)c3ccc(Cl)c(S(N)(=O)=O)c3)CC[C@H]12. The minimum absolute atomic E-state index is 0.0222. The van der Waals surface area contributed by atoms with Gasteiger partial charge < -0.3 is 9.84 Å². The van der Waals surface area contributed by atoms with Gasteiger partial charge in [0.15, 0.2) is 0 Å². The quantitative estimate of drug-likeness (QED) is 0.517. The van der Waals surface area contributed by atoms with E-state index in [0.717, 1.165) is 44.9 Å². The van der Waals surface area contributed by atoms with E-state index in [4.69, 9.17) is 21.5 Å². The van der Waals surface area contributed by atoms with Gasteiger partial charge in [0.25, 0.3) is 0 Å². The zero-order valence-electron chi connectivity index (χ0n) is 20.1. The molecule has 0 heterocycles. The van der Waals surface area contributed by atoms with Crippen molar-refractivity contribution in [2.24, 2.45) is 21.9 Å². The van der Waals surface area contributed by atoms with Crippen LogP contribution in [-0.2, 0) is 21.2 Å². The number of sulfonamides is 1. The van der Waals surface area contributed by atoms with E-state index in [1.165, 1.54) is 29.3 Å². The number of phenolic OH excluding ortho intramolecular Hbond substituents is 1. The lowest BCUT2D eigenvalue weighted by atomic mass is 9.46. The van der Waals surface area contributed by atoms with Crippen LogP contribution in [0.4, 0.5) is 0 Å². The first-order chi connectivity index (χ1) is 16.5. The Morgan fingerprint density at radius 2 is 1.94 bits per heavy atom. The highest BCUT2D eigenvalue weighted by atomic mass is 35.5. The topological polar surface area (TPSA) is 107 Å². The van der Waals surface area contributed by atoms with E-state index in [2.05, 4.69) is 19.9 Å². The van der Waals surface area contributed by atoms with Gasteiger partial charge in [-0.15, -0.1) is 0 Å². The first kappa shape index (κ1) is 24.6. The van der Waals surface area contributed by atoms with Crippen molar-refractivity contribution in [3.63, 3.8) is 0 Å². The van der Waals surface area contributed by atoms with Crippen LogP contribution in [-0.4, -0.2) is 25.6 Å². The third kappa shape index (κ3) is 3.87. The van der Waals surface area contributed by atoms with Gasteiger partial charge in [0.2, 0.25) is 10.0 Å². The Kier molecular flexibility index (Phi) is 5.97. The highest BCUT2D eigenvalue weighted by Gasteiger charge is 2.62. The zero-order valence-corrected chi connectivity index (χ0v) is 21.7. The Balaban J connectivity index is 1.42. The van der Waals surface area contributed by atoms with Crippen LogP contribution in [0.15, 0.2) is 41.3 Å². The summed E-state index contributed by atoms with van der Waals surface area (Å²) in [5.74, 6) is 0.645. The Bertz CT molecular complexity index is 1290. The maximum Gasteiger partial charge on any atom is 0.338 e. The summed E-state index contributed by atoms with van der Waals surface area (Å²) in [6.45, 7) is 4.55. The number of rotatable bonds is 4. The summed E-state index contributed by atoms with van der Waals surface area (Å²) in [5.41, 5.74) is 2.76. The molecule has 0 bridgehead atoms. The predicted molar refractivity (Wildman–Crippen MR) is 134 cm³/mol. The molecule has 5 atom stereocenters. The van der Waals surface area contributed by atoms with Gasteiger partial charge in [-0.25, -0.2) is 18.4 Å². The second-order valence-electron chi connectivity index (χ2n) is 10.8. The lowest BCUT2D eigenvalue weighted by Crippen LogP contribution is -2.52. The molecule has 0 saturated heterocycles. The Hall–Kier alpha value is -2.09. The number of hydrogen-bond donors (Lipinski definition) is 2. The first-order valence-electron chi connectivity index (χ1n) is 12.3. The van der Waals surface area contributed by atoms with Gasteiger partial charge in [0, 0.05) is 5.41 Å². The second kappa shape index (κ2) is 8.49. The fraction of sp³-hybridized carbons (Fsp3) is 0.519. The number of hydrogen-bond acceptors (Lipinski definition) is 5. The molecule has 5 rings (SSSR count). The van der Waals surface area contributed by atoms with Crippen molar-refractivity contribution in [1.29, 1.82) is 0 Å². The molecule has 8 heteroatoms. The predicted octanol–water partition coefficient (Wildman–Crippen LogP) is 5.55. The average Bonchev–Trinajstić information content (AvgIpc) is 3.14. The largest absolute Gasteiger partial charge is 0.508 e. The number of primary sulfonamides is 1. The number of aryl methyl sites for hydroxylation is 1. The normalized spacial score (nSPS) is 31.8. The van der Waals surface area contributed by atoms with Gasteiger partial charge in [-0.2, -0.15) is 0 Å². The molecule has 0 unspecified atom stereocenters. The van der Waals surface area contributed by atoms with E-state index in [9.17, 15) is 18.3 Å². The van der Waals surface area contributed by atoms with Crippen LogP contribution in [0.5, 0.6) is 5.75 Å². The number of carbonyl (C=O) groups is 1. The highest BCUT2D eigenvalue weighted by Crippen LogP contribution is 2.68. The maximum atomic E-state index is 13.1. The van der Waals surface area contributed by atoms with Crippen LogP contribution >= 0.6 is 11.6 Å². The van der Waals surface area contributed by atoms with E-state index in [1.807, 2.05) is 6.07 Å². The van der Waals surface area contributed by atoms with Crippen molar-refractivity contribution < 1.29 is 23.1 Å². The van der Waals surface area contributed by atoms with Crippen LogP contribution in [0.3, 0.4) is 0 Å². The van der Waals surface area contributed by atoms with Gasteiger partial charge in [0.1, 0.15) is 16.7 Å². The highest BCUT2D eigenvalue weighted by molar-refractivity contribution is 7.89. The van der Waals surface area contributed by atoms with Crippen LogP contribution in [0, 0.1) is 16.7 Å². The van der Waals surface area contributed by atoms with Gasteiger partial charge in [-0.1, -0.05) is 31.5 Å². The molecular weight excluding hydrogens is 486 g/mol. The van der Waals surface area contributed by atoms with Gasteiger partial charge >= 0.3 is 5.97 Å². The van der Waals surface area contributed by atoms with Crippen molar-refractivity contribution >= 4 is 27.6 Å². The second-order valence-corrected chi connectivity index (χ2v) is 12.7. The van der Waals surface area contributed by atoms with E-state index in [0.29, 0.717) is 17.6 Å².